The summed E-state index contributed by atoms with van der Waals surface area (Å²) in [4.78, 5) is 18.3. The molecule has 4 aromatic rings. The molecular formula is C26H22N2O2S. The first kappa shape index (κ1) is 19.5. The lowest BCUT2D eigenvalue weighted by Crippen LogP contribution is -2.16. The Kier molecular flexibility index (Phi) is 5.50. The Hall–Kier alpha value is -3.44. The molecule has 0 bridgehead atoms. The third-order valence-electron chi connectivity index (χ3n) is 5.52. The predicted octanol–water partition coefficient (Wildman–Crippen LogP) is 5.98. The molecule has 31 heavy (non-hydrogen) atoms. The quantitative estimate of drug-likeness (QED) is 0.356. The van der Waals surface area contributed by atoms with Crippen molar-refractivity contribution in [3.63, 3.8) is 0 Å². The van der Waals surface area contributed by atoms with E-state index in [1.54, 1.807) is 23.9 Å². The highest BCUT2D eigenvalue weighted by atomic mass is 32.1. The number of benzene rings is 2. The van der Waals surface area contributed by atoms with Crippen LogP contribution in [0.1, 0.15) is 38.9 Å². The van der Waals surface area contributed by atoms with Gasteiger partial charge in [-0.1, -0.05) is 36.4 Å². The molecule has 2 aromatic carbocycles. The van der Waals surface area contributed by atoms with Gasteiger partial charge in [0.1, 0.15) is 11.9 Å². The Morgan fingerprint density at radius 2 is 2.00 bits per heavy atom. The van der Waals surface area contributed by atoms with Crippen molar-refractivity contribution in [2.24, 2.45) is 0 Å². The van der Waals surface area contributed by atoms with E-state index in [2.05, 4.69) is 17.1 Å². The molecule has 1 atom stereocenters. The zero-order valence-corrected chi connectivity index (χ0v) is 17.8. The second-order valence-electron chi connectivity index (χ2n) is 7.61. The summed E-state index contributed by atoms with van der Waals surface area (Å²) >= 11 is 1.65. The van der Waals surface area contributed by atoms with Crippen LogP contribution in [0.4, 0.5) is 0 Å². The van der Waals surface area contributed by atoms with E-state index in [0.717, 1.165) is 45.7 Å². The van der Waals surface area contributed by atoms with E-state index in [-0.39, 0.29) is 11.9 Å². The number of rotatable bonds is 6. The smallest absolute Gasteiger partial charge is 0.189 e. The summed E-state index contributed by atoms with van der Waals surface area (Å²) in [5, 5.41) is 2.03. The van der Waals surface area contributed by atoms with Gasteiger partial charge in [0.2, 0.25) is 0 Å². The number of ketones is 1. The van der Waals surface area contributed by atoms with Gasteiger partial charge in [0, 0.05) is 28.4 Å². The molecule has 1 aliphatic carbocycles. The van der Waals surface area contributed by atoms with E-state index in [1.165, 1.54) is 0 Å². The van der Waals surface area contributed by atoms with E-state index in [4.69, 9.17) is 4.74 Å². The van der Waals surface area contributed by atoms with Crippen molar-refractivity contribution in [3.05, 3.63) is 112 Å². The Morgan fingerprint density at radius 1 is 1.10 bits per heavy atom. The monoisotopic (exact) mass is 426 g/mol. The Labute approximate surface area is 185 Å². The number of ether oxygens (including phenoxy) is 1. The average Bonchev–Trinajstić information content (AvgIpc) is 3.50. The zero-order valence-electron chi connectivity index (χ0n) is 17.0. The van der Waals surface area contributed by atoms with Crippen molar-refractivity contribution in [2.75, 3.05) is 0 Å². The molecule has 154 valence electrons. The molecule has 0 fully saturated rings. The summed E-state index contributed by atoms with van der Waals surface area (Å²) in [6.45, 7) is 0.660. The molecule has 0 N–H and O–H groups in total. The predicted molar refractivity (Wildman–Crippen MR) is 123 cm³/mol. The van der Waals surface area contributed by atoms with Crippen molar-refractivity contribution in [2.45, 2.75) is 25.5 Å². The molecule has 2 heterocycles. The van der Waals surface area contributed by atoms with Gasteiger partial charge in [-0.25, -0.2) is 4.98 Å². The molecule has 4 nitrogen and oxygen atoms in total. The first-order valence-electron chi connectivity index (χ1n) is 10.4. The van der Waals surface area contributed by atoms with Crippen LogP contribution >= 0.6 is 11.3 Å². The van der Waals surface area contributed by atoms with Crippen LogP contribution in [-0.2, 0) is 13.0 Å². The van der Waals surface area contributed by atoms with Crippen molar-refractivity contribution < 1.29 is 9.53 Å². The van der Waals surface area contributed by atoms with E-state index in [1.807, 2.05) is 70.8 Å². The fraction of sp³-hybridized carbons (Fsp3) is 0.154. The highest BCUT2D eigenvalue weighted by molar-refractivity contribution is 7.10. The molecule has 0 spiro atoms. The number of thiophene rings is 1. The minimum atomic E-state index is -0.151. The van der Waals surface area contributed by atoms with Gasteiger partial charge in [-0.3, -0.25) is 4.79 Å². The summed E-state index contributed by atoms with van der Waals surface area (Å²) in [5.41, 5.74) is 3.82. The fourth-order valence-corrected chi connectivity index (χ4v) is 4.62. The molecule has 2 aromatic heterocycles. The summed E-state index contributed by atoms with van der Waals surface area (Å²) in [6.07, 6.45) is 8.97. The molecule has 0 saturated heterocycles. The van der Waals surface area contributed by atoms with Gasteiger partial charge in [0.15, 0.2) is 5.78 Å². The molecule has 0 saturated carbocycles. The number of Topliss-reactive ketones (excluding diaryl/α,β-unsaturated/α-hetero) is 1. The van der Waals surface area contributed by atoms with Gasteiger partial charge >= 0.3 is 0 Å². The minimum Gasteiger partial charge on any atom is -0.484 e. The number of fused-ring (bicyclic) bond motifs is 1. The van der Waals surface area contributed by atoms with E-state index < -0.39 is 0 Å². The number of nitrogens with zero attached hydrogens (tertiary/aromatic N) is 2. The topological polar surface area (TPSA) is 44.1 Å². The number of carbonyl (C=O) groups excluding carboxylic acids is 1. The van der Waals surface area contributed by atoms with Gasteiger partial charge < -0.3 is 9.30 Å². The summed E-state index contributed by atoms with van der Waals surface area (Å²) in [5.74, 6) is 0.908. The maximum atomic E-state index is 13.0. The average molecular weight is 427 g/mol. The largest absolute Gasteiger partial charge is 0.484 e. The molecule has 0 aliphatic heterocycles. The third-order valence-corrected chi connectivity index (χ3v) is 6.34. The van der Waals surface area contributed by atoms with Gasteiger partial charge in [0.05, 0.1) is 12.9 Å². The van der Waals surface area contributed by atoms with Crippen LogP contribution in [0.3, 0.4) is 0 Å². The van der Waals surface area contributed by atoms with Crippen LogP contribution in [0.5, 0.6) is 5.75 Å². The van der Waals surface area contributed by atoms with Crippen LogP contribution in [0.2, 0.25) is 0 Å². The SMILES string of the molecule is O=C1C(=Cc2cccs2)CCc2cc(OC(Cn3ccnc3)c3ccccc3)ccc21. The Morgan fingerprint density at radius 3 is 2.77 bits per heavy atom. The van der Waals surface area contributed by atoms with Crippen LogP contribution in [0.25, 0.3) is 6.08 Å². The van der Waals surface area contributed by atoms with Crippen molar-refractivity contribution in [3.8, 4) is 5.75 Å². The molecule has 0 amide bonds. The molecular weight excluding hydrogens is 404 g/mol. The fourth-order valence-electron chi connectivity index (χ4n) is 3.94. The van der Waals surface area contributed by atoms with Crippen molar-refractivity contribution in [1.82, 2.24) is 9.55 Å². The lowest BCUT2D eigenvalue weighted by Gasteiger charge is -2.23. The molecule has 1 aliphatic rings. The number of aromatic nitrogens is 2. The van der Waals surface area contributed by atoms with Gasteiger partial charge in [-0.2, -0.15) is 0 Å². The number of hydrogen-bond donors (Lipinski definition) is 0. The van der Waals surface area contributed by atoms with Crippen LogP contribution < -0.4 is 4.74 Å². The van der Waals surface area contributed by atoms with E-state index in [0.29, 0.717) is 6.54 Å². The van der Waals surface area contributed by atoms with E-state index in [9.17, 15) is 4.79 Å². The highest BCUT2D eigenvalue weighted by Gasteiger charge is 2.23. The molecule has 0 radical (unpaired) electrons. The first-order chi connectivity index (χ1) is 15.3. The Bertz CT molecular complexity index is 1200. The number of carbonyl (C=O) groups is 1. The lowest BCUT2D eigenvalue weighted by atomic mass is 9.86. The maximum Gasteiger partial charge on any atom is 0.189 e. The van der Waals surface area contributed by atoms with Gasteiger partial charge in [-0.05, 0) is 59.7 Å². The first-order valence-corrected chi connectivity index (χ1v) is 11.2. The number of hydrogen-bond acceptors (Lipinski definition) is 4. The van der Waals surface area contributed by atoms with Crippen molar-refractivity contribution in [1.29, 1.82) is 0 Å². The van der Waals surface area contributed by atoms with Gasteiger partial charge in [0.25, 0.3) is 0 Å². The summed E-state index contributed by atoms with van der Waals surface area (Å²) in [7, 11) is 0. The standard InChI is InChI=1S/C26H22N2O2S/c29-26-21(16-23-7-4-14-31-23)9-8-20-15-22(10-11-24(20)26)30-25(17-28-13-12-27-18-28)19-5-2-1-3-6-19/h1-7,10-16,18,25H,8-9,17H2. The third kappa shape index (κ3) is 4.37. The lowest BCUT2D eigenvalue weighted by molar-refractivity contribution is 0.102. The maximum absolute atomic E-state index is 13.0. The summed E-state index contributed by atoms with van der Waals surface area (Å²) in [6, 6.07) is 20.1. The number of imidazole rings is 1. The molecule has 1 unspecified atom stereocenters. The second kappa shape index (κ2) is 8.74. The second-order valence-corrected chi connectivity index (χ2v) is 8.59. The number of aryl methyl sites for hydroxylation is 1. The van der Waals surface area contributed by atoms with Crippen molar-refractivity contribution >= 4 is 23.2 Å². The van der Waals surface area contributed by atoms with E-state index >= 15 is 0 Å². The Balaban J connectivity index is 1.39. The van der Waals surface area contributed by atoms with Crippen LogP contribution in [0.15, 0.2) is 90.3 Å². The zero-order chi connectivity index (χ0) is 21.0. The van der Waals surface area contributed by atoms with Gasteiger partial charge in [-0.15, -0.1) is 11.3 Å². The minimum absolute atomic E-state index is 0.124. The normalized spacial score (nSPS) is 15.6. The van der Waals surface area contributed by atoms with Crippen LogP contribution in [0, 0.1) is 0 Å². The summed E-state index contributed by atoms with van der Waals surface area (Å²) < 4.78 is 8.43. The molecule has 5 rings (SSSR count). The molecule has 5 heteroatoms. The number of allylic oxidation sites excluding steroid dienone is 1. The highest BCUT2D eigenvalue weighted by Crippen LogP contribution is 2.32. The van der Waals surface area contributed by atoms with Crippen LogP contribution in [-0.4, -0.2) is 15.3 Å².